The lowest BCUT2D eigenvalue weighted by molar-refractivity contribution is 0.0184. The predicted molar refractivity (Wildman–Crippen MR) is 77.6 cm³/mol. The van der Waals surface area contributed by atoms with Crippen LogP contribution in [-0.4, -0.2) is 41.3 Å². The average Bonchev–Trinajstić information content (AvgIpc) is 2.96. The van der Waals surface area contributed by atoms with Gasteiger partial charge in [-0.25, -0.2) is 14.6 Å². The highest BCUT2D eigenvalue weighted by molar-refractivity contribution is 7.09. The van der Waals surface area contributed by atoms with Crippen molar-refractivity contribution in [1.29, 1.82) is 0 Å². The van der Waals surface area contributed by atoms with E-state index in [2.05, 4.69) is 15.6 Å². The molecule has 1 aliphatic heterocycles. The molecule has 21 heavy (non-hydrogen) atoms. The lowest BCUT2D eigenvalue weighted by Gasteiger charge is -2.23. The van der Waals surface area contributed by atoms with Crippen LogP contribution in [-0.2, 0) is 4.74 Å². The van der Waals surface area contributed by atoms with E-state index in [1.807, 2.05) is 0 Å². The minimum absolute atomic E-state index is 0.000311. The van der Waals surface area contributed by atoms with Crippen LogP contribution in [0.4, 0.5) is 4.79 Å². The van der Waals surface area contributed by atoms with Crippen molar-refractivity contribution in [2.75, 3.05) is 13.2 Å². The summed E-state index contributed by atoms with van der Waals surface area (Å²) in [7, 11) is 0. The third-order valence-corrected chi connectivity index (χ3v) is 4.25. The number of carbonyl (C=O) groups excluding carboxylic acids is 1. The molecule has 3 N–H and O–H groups in total. The number of amides is 2. The monoisotopic (exact) mass is 313 g/mol. The Hall–Kier alpha value is -1.67. The van der Waals surface area contributed by atoms with E-state index in [4.69, 9.17) is 9.84 Å². The molecule has 2 unspecified atom stereocenters. The number of carboxylic acids is 1. The van der Waals surface area contributed by atoms with Crippen molar-refractivity contribution in [3.8, 4) is 0 Å². The second-order valence-electron chi connectivity index (χ2n) is 4.94. The normalized spacial score (nSPS) is 19.8. The Labute approximate surface area is 126 Å². The van der Waals surface area contributed by atoms with Gasteiger partial charge in [0.25, 0.3) is 0 Å². The Morgan fingerprint density at radius 2 is 2.38 bits per heavy atom. The zero-order valence-electron chi connectivity index (χ0n) is 11.8. The largest absolute Gasteiger partial charge is 0.476 e. The van der Waals surface area contributed by atoms with Crippen molar-refractivity contribution in [2.45, 2.75) is 38.3 Å². The van der Waals surface area contributed by atoms with Gasteiger partial charge < -0.3 is 20.5 Å². The van der Waals surface area contributed by atoms with Crippen molar-refractivity contribution in [3.05, 3.63) is 16.1 Å². The highest BCUT2D eigenvalue weighted by atomic mass is 32.1. The number of nitrogens with one attached hydrogen (secondary N) is 2. The molecule has 0 aliphatic carbocycles. The first-order valence-electron chi connectivity index (χ1n) is 6.91. The molecular weight excluding hydrogens is 294 g/mol. The van der Waals surface area contributed by atoms with Crippen LogP contribution in [0.5, 0.6) is 0 Å². The molecule has 8 heteroatoms. The summed E-state index contributed by atoms with van der Waals surface area (Å²) in [5.74, 6) is -1.07. The Morgan fingerprint density at radius 1 is 1.57 bits per heavy atom. The summed E-state index contributed by atoms with van der Waals surface area (Å²) in [6.45, 7) is 3.00. The molecular formula is C13H19N3O4S. The number of aromatic nitrogens is 1. The van der Waals surface area contributed by atoms with Crippen molar-refractivity contribution in [2.24, 2.45) is 0 Å². The quantitative estimate of drug-likeness (QED) is 0.769. The van der Waals surface area contributed by atoms with Gasteiger partial charge in [0.15, 0.2) is 5.69 Å². The van der Waals surface area contributed by atoms with E-state index in [9.17, 15) is 9.59 Å². The molecule has 2 rings (SSSR count). The zero-order chi connectivity index (χ0) is 15.2. The van der Waals surface area contributed by atoms with Gasteiger partial charge in [-0.2, -0.15) is 0 Å². The van der Waals surface area contributed by atoms with Gasteiger partial charge in [-0.15, -0.1) is 11.3 Å². The van der Waals surface area contributed by atoms with Gasteiger partial charge in [0.2, 0.25) is 0 Å². The molecule has 0 radical (unpaired) electrons. The summed E-state index contributed by atoms with van der Waals surface area (Å²) in [5.41, 5.74) is -0.000311. The minimum Gasteiger partial charge on any atom is -0.476 e. The van der Waals surface area contributed by atoms with Gasteiger partial charge in [0, 0.05) is 18.5 Å². The van der Waals surface area contributed by atoms with Crippen LogP contribution in [0.1, 0.15) is 47.7 Å². The fourth-order valence-corrected chi connectivity index (χ4v) is 2.87. The van der Waals surface area contributed by atoms with E-state index in [1.54, 1.807) is 6.92 Å². The lowest BCUT2D eigenvalue weighted by atomic mass is 10.1. The number of thiazole rings is 1. The first-order chi connectivity index (χ1) is 10.1. The van der Waals surface area contributed by atoms with Crippen LogP contribution in [0.15, 0.2) is 5.38 Å². The maximum atomic E-state index is 11.8. The number of carboxylic acid groups (broad SMARTS) is 1. The van der Waals surface area contributed by atoms with Gasteiger partial charge in [-0.05, 0) is 26.2 Å². The molecule has 116 valence electrons. The van der Waals surface area contributed by atoms with Gasteiger partial charge in [-0.3, -0.25) is 0 Å². The summed E-state index contributed by atoms with van der Waals surface area (Å²) in [4.78, 5) is 26.5. The average molecular weight is 313 g/mol. The summed E-state index contributed by atoms with van der Waals surface area (Å²) < 4.78 is 5.53. The molecule has 1 fully saturated rings. The first kappa shape index (κ1) is 15.7. The Morgan fingerprint density at radius 3 is 3.00 bits per heavy atom. The maximum absolute atomic E-state index is 11.8. The van der Waals surface area contributed by atoms with Crippen LogP contribution in [0.25, 0.3) is 0 Å². The maximum Gasteiger partial charge on any atom is 0.355 e. The smallest absolute Gasteiger partial charge is 0.355 e. The second-order valence-corrected chi connectivity index (χ2v) is 5.83. The number of nitrogens with zero attached hydrogens (tertiary/aromatic N) is 1. The third-order valence-electron chi connectivity index (χ3n) is 3.22. The summed E-state index contributed by atoms with van der Waals surface area (Å²) in [6.07, 6.45) is 3.25. The second kappa shape index (κ2) is 7.37. The number of ether oxygens (including phenoxy) is 1. The molecule has 7 nitrogen and oxygen atoms in total. The Kier molecular flexibility index (Phi) is 5.51. The summed E-state index contributed by atoms with van der Waals surface area (Å²) in [6, 6.07) is -0.640. The number of carbonyl (C=O) groups is 2. The Bertz CT molecular complexity index is 499. The first-order valence-corrected chi connectivity index (χ1v) is 7.79. The molecule has 1 aromatic heterocycles. The van der Waals surface area contributed by atoms with E-state index >= 15 is 0 Å². The molecule has 0 saturated carbocycles. The molecule has 2 amide bonds. The van der Waals surface area contributed by atoms with Crippen molar-refractivity contribution < 1.29 is 19.4 Å². The van der Waals surface area contributed by atoms with Crippen LogP contribution in [0.3, 0.4) is 0 Å². The van der Waals surface area contributed by atoms with E-state index in [0.29, 0.717) is 11.6 Å². The van der Waals surface area contributed by atoms with Crippen molar-refractivity contribution in [1.82, 2.24) is 15.6 Å². The molecule has 0 bridgehead atoms. The van der Waals surface area contributed by atoms with Crippen molar-refractivity contribution >= 4 is 23.3 Å². The van der Waals surface area contributed by atoms with Gasteiger partial charge in [0.05, 0.1) is 12.1 Å². The topological polar surface area (TPSA) is 101 Å². The Balaban J connectivity index is 1.76. The standard InChI is InChI=1S/C13H19N3O4S/c1-8(11-16-10(7-21-11)12(17)18)15-13(19)14-6-9-4-2-3-5-20-9/h7-9H,2-6H2,1H3,(H,17,18)(H2,14,15,19). The number of aromatic carboxylic acids is 1. The van der Waals surface area contributed by atoms with Crippen LogP contribution < -0.4 is 10.6 Å². The van der Waals surface area contributed by atoms with Gasteiger partial charge in [-0.1, -0.05) is 0 Å². The third kappa shape index (κ3) is 4.68. The fraction of sp³-hybridized carbons (Fsp3) is 0.615. The lowest BCUT2D eigenvalue weighted by Crippen LogP contribution is -2.42. The fourth-order valence-electron chi connectivity index (χ4n) is 2.07. The van der Waals surface area contributed by atoms with E-state index in [0.717, 1.165) is 25.9 Å². The van der Waals surface area contributed by atoms with Gasteiger partial charge >= 0.3 is 12.0 Å². The number of rotatable bonds is 5. The molecule has 1 saturated heterocycles. The van der Waals surface area contributed by atoms with Crippen LogP contribution in [0, 0.1) is 0 Å². The van der Waals surface area contributed by atoms with E-state index in [1.165, 1.54) is 16.7 Å². The number of urea groups is 1. The highest BCUT2D eigenvalue weighted by Crippen LogP contribution is 2.18. The highest BCUT2D eigenvalue weighted by Gasteiger charge is 2.18. The molecule has 0 spiro atoms. The molecule has 0 aromatic carbocycles. The van der Waals surface area contributed by atoms with Gasteiger partial charge in [0.1, 0.15) is 5.01 Å². The van der Waals surface area contributed by atoms with E-state index in [-0.39, 0.29) is 23.9 Å². The molecule has 2 atom stereocenters. The molecule has 2 heterocycles. The summed E-state index contributed by atoms with van der Waals surface area (Å²) >= 11 is 1.21. The number of hydrogen-bond acceptors (Lipinski definition) is 5. The van der Waals surface area contributed by atoms with Crippen LogP contribution in [0.2, 0.25) is 0 Å². The molecule has 1 aromatic rings. The molecule has 1 aliphatic rings. The SMILES string of the molecule is CC(NC(=O)NCC1CCCCO1)c1nc(C(=O)O)cs1. The number of hydrogen-bond donors (Lipinski definition) is 3. The van der Waals surface area contributed by atoms with E-state index < -0.39 is 5.97 Å². The van der Waals surface area contributed by atoms with Crippen LogP contribution >= 0.6 is 11.3 Å². The minimum atomic E-state index is -1.07. The zero-order valence-corrected chi connectivity index (χ0v) is 12.6. The van der Waals surface area contributed by atoms with Crippen molar-refractivity contribution in [3.63, 3.8) is 0 Å². The predicted octanol–water partition coefficient (Wildman–Crippen LogP) is 1.77. The summed E-state index contributed by atoms with van der Waals surface area (Å²) in [5, 5.41) is 16.4.